The first-order chi connectivity index (χ1) is 16.3. The number of amides is 2. The molecule has 0 heterocycles. The van der Waals surface area contributed by atoms with Gasteiger partial charge in [0.15, 0.2) is 0 Å². The molecule has 3 rings (SSSR count). The number of para-hydroxylation sites is 2. The maximum absolute atomic E-state index is 12.9. The largest absolute Gasteiger partial charge is 0.495 e. The number of anilines is 2. The van der Waals surface area contributed by atoms with Crippen LogP contribution in [-0.4, -0.2) is 41.0 Å². The normalized spacial score (nSPS) is 10.8. The van der Waals surface area contributed by atoms with Crippen molar-refractivity contribution in [1.82, 2.24) is 5.32 Å². The van der Waals surface area contributed by atoms with Gasteiger partial charge in [-0.15, -0.1) is 0 Å². The van der Waals surface area contributed by atoms with Crippen molar-refractivity contribution >= 4 is 33.2 Å². The van der Waals surface area contributed by atoms with E-state index in [1.807, 2.05) is 30.3 Å². The monoisotopic (exact) mass is 483 g/mol. The van der Waals surface area contributed by atoms with Crippen LogP contribution in [0.1, 0.15) is 5.56 Å². The van der Waals surface area contributed by atoms with Crippen LogP contribution in [0.4, 0.5) is 11.4 Å². The number of carbonyl (C=O) groups excluding carboxylic acids is 2. The summed E-state index contributed by atoms with van der Waals surface area (Å²) in [6, 6.07) is 19.8. The first kappa shape index (κ1) is 24.6. The van der Waals surface area contributed by atoms with Crippen molar-refractivity contribution in [3.8, 4) is 11.5 Å². The van der Waals surface area contributed by atoms with Crippen molar-refractivity contribution in [2.75, 3.05) is 30.8 Å². The highest BCUT2D eigenvalue weighted by Gasteiger charge is 2.19. The van der Waals surface area contributed by atoms with Gasteiger partial charge in [0.1, 0.15) is 11.5 Å². The van der Waals surface area contributed by atoms with E-state index in [2.05, 4.69) is 15.4 Å². The lowest BCUT2D eigenvalue weighted by molar-refractivity contribution is -0.123. The molecule has 0 aliphatic carbocycles. The van der Waals surface area contributed by atoms with Gasteiger partial charge >= 0.3 is 0 Å². The lowest BCUT2D eigenvalue weighted by Crippen LogP contribution is -2.33. The zero-order chi connectivity index (χ0) is 24.6. The van der Waals surface area contributed by atoms with Crippen molar-refractivity contribution in [3.63, 3.8) is 0 Å². The number of hydrogen-bond donors (Lipinski definition) is 3. The molecule has 3 aromatic carbocycles. The molecule has 0 atom stereocenters. The van der Waals surface area contributed by atoms with E-state index in [0.717, 1.165) is 5.56 Å². The molecule has 0 fully saturated rings. The van der Waals surface area contributed by atoms with E-state index >= 15 is 0 Å². The number of methoxy groups -OCH3 is 2. The zero-order valence-corrected chi connectivity index (χ0v) is 19.5. The van der Waals surface area contributed by atoms with Crippen LogP contribution in [0.2, 0.25) is 0 Å². The topological polar surface area (TPSA) is 123 Å². The Labute approximate surface area is 198 Å². The fraction of sp³-hybridized carbons (Fsp3) is 0.167. The molecular formula is C24H25N3O6S. The van der Waals surface area contributed by atoms with E-state index in [1.165, 1.54) is 32.4 Å². The Morgan fingerprint density at radius 2 is 1.44 bits per heavy atom. The summed E-state index contributed by atoms with van der Waals surface area (Å²) in [5.41, 5.74) is 1.24. The number of hydrogen-bond acceptors (Lipinski definition) is 6. The maximum atomic E-state index is 12.9. The Bertz CT molecular complexity index is 1260. The van der Waals surface area contributed by atoms with E-state index < -0.39 is 15.9 Å². The van der Waals surface area contributed by atoms with Gasteiger partial charge in [0.25, 0.3) is 10.0 Å². The van der Waals surface area contributed by atoms with Crippen LogP contribution in [0.25, 0.3) is 0 Å². The predicted molar refractivity (Wildman–Crippen MR) is 129 cm³/mol. The summed E-state index contributed by atoms with van der Waals surface area (Å²) in [4.78, 5) is 24.4. The molecular weight excluding hydrogens is 458 g/mol. The standard InChI is InChI=1S/C24H25N3O6S/c1-32-21-11-7-6-10-19(21)27-34(30,31)18-12-13-22(33-2)20(15-18)26-24(29)16-25-23(28)14-17-8-4-3-5-9-17/h3-13,15,27H,14,16H2,1-2H3,(H,25,28)(H,26,29). The van der Waals surface area contributed by atoms with Gasteiger partial charge in [-0.1, -0.05) is 42.5 Å². The molecule has 0 saturated heterocycles. The summed E-state index contributed by atoms with van der Waals surface area (Å²) in [5, 5.41) is 5.13. The summed E-state index contributed by atoms with van der Waals surface area (Å²) in [6.07, 6.45) is 0.139. The number of carbonyl (C=O) groups is 2. The highest BCUT2D eigenvalue weighted by Crippen LogP contribution is 2.30. The lowest BCUT2D eigenvalue weighted by atomic mass is 10.1. The maximum Gasteiger partial charge on any atom is 0.262 e. The Morgan fingerprint density at radius 3 is 2.15 bits per heavy atom. The third-order valence-corrected chi connectivity index (χ3v) is 6.12. The molecule has 178 valence electrons. The fourth-order valence-electron chi connectivity index (χ4n) is 3.10. The number of benzene rings is 3. The number of rotatable bonds is 10. The number of nitrogens with one attached hydrogen (secondary N) is 3. The summed E-state index contributed by atoms with van der Waals surface area (Å²) < 4.78 is 38.7. The second kappa shape index (κ2) is 11.2. The van der Waals surface area contributed by atoms with Crippen LogP contribution in [0.15, 0.2) is 77.7 Å². The van der Waals surface area contributed by atoms with Gasteiger partial charge in [0, 0.05) is 0 Å². The van der Waals surface area contributed by atoms with E-state index in [-0.39, 0.29) is 40.9 Å². The van der Waals surface area contributed by atoms with Gasteiger partial charge < -0.3 is 20.1 Å². The van der Waals surface area contributed by atoms with Crippen molar-refractivity contribution in [2.24, 2.45) is 0 Å². The summed E-state index contributed by atoms with van der Waals surface area (Å²) in [6.45, 7) is -0.286. The highest BCUT2D eigenvalue weighted by molar-refractivity contribution is 7.92. The van der Waals surface area contributed by atoms with E-state index in [9.17, 15) is 18.0 Å². The van der Waals surface area contributed by atoms with Gasteiger partial charge in [0.05, 0.1) is 43.5 Å². The number of ether oxygens (including phenoxy) is 2. The SMILES string of the molecule is COc1ccc(S(=O)(=O)Nc2ccccc2OC)cc1NC(=O)CNC(=O)Cc1ccccc1. The van der Waals surface area contributed by atoms with Gasteiger partial charge in [0.2, 0.25) is 11.8 Å². The third-order valence-electron chi connectivity index (χ3n) is 4.76. The molecule has 0 unspecified atom stereocenters. The van der Waals surface area contributed by atoms with Crippen molar-refractivity contribution in [3.05, 3.63) is 78.4 Å². The minimum atomic E-state index is -4.00. The van der Waals surface area contributed by atoms with Crippen LogP contribution in [0.3, 0.4) is 0 Å². The quantitative estimate of drug-likeness (QED) is 0.408. The van der Waals surface area contributed by atoms with Crippen LogP contribution in [0.5, 0.6) is 11.5 Å². The zero-order valence-electron chi connectivity index (χ0n) is 18.7. The average molecular weight is 484 g/mol. The Morgan fingerprint density at radius 1 is 0.794 bits per heavy atom. The smallest absolute Gasteiger partial charge is 0.262 e. The van der Waals surface area contributed by atoms with Crippen LogP contribution in [0, 0.1) is 0 Å². The average Bonchev–Trinajstić information content (AvgIpc) is 2.83. The molecule has 3 N–H and O–H groups in total. The lowest BCUT2D eigenvalue weighted by Gasteiger charge is -2.15. The second-order valence-electron chi connectivity index (χ2n) is 7.16. The number of sulfonamides is 1. The molecule has 10 heteroatoms. The molecule has 0 aliphatic heterocycles. The predicted octanol–water partition coefficient (Wildman–Crippen LogP) is 2.80. The van der Waals surface area contributed by atoms with E-state index in [4.69, 9.17) is 9.47 Å². The Balaban J connectivity index is 1.69. The van der Waals surface area contributed by atoms with Gasteiger partial charge in [-0.2, -0.15) is 0 Å². The second-order valence-corrected chi connectivity index (χ2v) is 8.84. The van der Waals surface area contributed by atoms with Gasteiger partial charge in [-0.05, 0) is 35.9 Å². The van der Waals surface area contributed by atoms with Crippen LogP contribution in [-0.2, 0) is 26.0 Å². The molecule has 34 heavy (non-hydrogen) atoms. The van der Waals surface area contributed by atoms with E-state index in [0.29, 0.717) is 5.75 Å². The minimum absolute atomic E-state index is 0.0948. The Kier molecular flexibility index (Phi) is 8.10. The first-order valence-electron chi connectivity index (χ1n) is 10.3. The van der Waals surface area contributed by atoms with Gasteiger partial charge in [-0.3, -0.25) is 14.3 Å². The highest BCUT2D eigenvalue weighted by atomic mass is 32.2. The molecule has 0 aromatic heterocycles. The van der Waals surface area contributed by atoms with Crippen LogP contribution >= 0.6 is 0 Å². The van der Waals surface area contributed by atoms with Crippen molar-refractivity contribution < 1.29 is 27.5 Å². The molecule has 0 aliphatic rings. The summed E-state index contributed by atoms with van der Waals surface area (Å²) >= 11 is 0. The van der Waals surface area contributed by atoms with E-state index in [1.54, 1.807) is 24.3 Å². The van der Waals surface area contributed by atoms with Crippen molar-refractivity contribution in [2.45, 2.75) is 11.3 Å². The molecule has 2 amide bonds. The fourth-order valence-corrected chi connectivity index (χ4v) is 4.20. The third kappa shape index (κ3) is 6.48. The molecule has 0 spiro atoms. The molecule has 3 aromatic rings. The van der Waals surface area contributed by atoms with Crippen LogP contribution < -0.4 is 24.8 Å². The summed E-state index contributed by atoms with van der Waals surface area (Å²) in [7, 11) is -1.16. The molecule has 0 saturated carbocycles. The first-order valence-corrected chi connectivity index (χ1v) is 11.7. The minimum Gasteiger partial charge on any atom is -0.495 e. The van der Waals surface area contributed by atoms with Gasteiger partial charge in [-0.25, -0.2) is 8.42 Å². The Hall–Kier alpha value is -4.05. The van der Waals surface area contributed by atoms with Crippen molar-refractivity contribution in [1.29, 1.82) is 0 Å². The molecule has 9 nitrogen and oxygen atoms in total. The summed E-state index contributed by atoms with van der Waals surface area (Å²) in [5.74, 6) is -0.225. The molecule has 0 bridgehead atoms. The molecule has 0 radical (unpaired) electrons.